The number of aryl methyl sites for hydroxylation is 2. The van der Waals surface area contributed by atoms with Gasteiger partial charge in [0.15, 0.2) is 16.8 Å². The van der Waals surface area contributed by atoms with Crippen LogP contribution in [0.5, 0.6) is 0 Å². The highest BCUT2D eigenvalue weighted by atomic mass is 32.1. The van der Waals surface area contributed by atoms with Crippen molar-refractivity contribution in [1.82, 2.24) is 14.1 Å². The highest BCUT2D eigenvalue weighted by Crippen LogP contribution is 2.30. The van der Waals surface area contributed by atoms with E-state index in [2.05, 4.69) is 10.3 Å². The van der Waals surface area contributed by atoms with Crippen molar-refractivity contribution in [1.29, 1.82) is 0 Å². The summed E-state index contributed by atoms with van der Waals surface area (Å²) in [7, 11) is 2.97. The minimum absolute atomic E-state index is 0.000774. The number of fused-ring (bicyclic) bond motifs is 1. The molecule has 0 aliphatic heterocycles. The zero-order valence-corrected chi connectivity index (χ0v) is 18.3. The Morgan fingerprint density at radius 2 is 1.94 bits per heavy atom. The number of nitrogens with zero attached hydrogens (tertiary/aromatic N) is 3. The number of benzene rings is 1. The second-order valence-electron chi connectivity index (χ2n) is 6.89. The summed E-state index contributed by atoms with van der Waals surface area (Å²) in [6.45, 7) is 1.78. The smallest absolute Gasteiger partial charge is 0.302 e. The SMILES string of the molecule is Cc1sc2c(c1CC(=O)Nc1nc(-c3cccc(F)c3F)cs1)c(=O)n(C)c(=O)n2C. The molecule has 4 aromatic rings. The van der Waals surface area contributed by atoms with Gasteiger partial charge in [-0.05, 0) is 24.6 Å². The number of aromatic nitrogens is 3. The maximum atomic E-state index is 14.0. The lowest BCUT2D eigenvalue weighted by atomic mass is 10.1. The third kappa shape index (κ3) is 3.59. The summed E-state index contributed by atoms with van der Waals surface area (Å²) < 4.78 is 29.8. The number of nitrogens with one attached hydrogen (secondary N) is 1. The molecule has 0 aliphatic rings. The van der Waals surface area contributed by atoms with Crippen LogP contribution in [0, 0.1) is 18.6 Å². The first kappa shape index (κ1) is 21.1. The second-order valence-corrected chi connectivity index (χ2v) is 8.95. The fourth-order valence-electron chi connectivity index (χ4n) is 3.28. The molecule has 0 fully saturated rings. The number of amides is 1. The number of anilines is 1. The monoisotopic (exact) mass is 462 g/mol. The number of hydrogen-bond donors (Lipinski definition) is 1. The van der Waals surface area contributed by atoms with Crippen molar-refractivity contribution in [2.45, 2.75) is 13.3 Å². The molecule has 4 rings (SSSR count). The first-order valence-electron chi connectivity index (χ1n) is 9.06. The Morgan fingerprint density at radius 3 is 2.68 bits per heavy atom. The third-order valence-electron chi connectivity index (χ3n) is 4.90. The molecule has 0 radical (unpaired) electrons. The fraction of sp³-hybridized carbons (Fsp3) is 0.200. The van der Waals surface area contributed by atoms with Gasteiger partial charge in [-0.2, -0.15) is 0 Å². The third-order valence-corrected chi connectivity index (χ3v) is 6.88. The minimum atomic E-state index is -1.01. The first-order valence-corrected chi connectivity index (χ1v) is 10.8. The molecule has 11 heteroatoms. The van der Waals surface area contributed by atoms with Crippen molar-refractivity contribution >= 4 is 43.9 Å². The Labute approximate surface area is 182 Å². The summed E-state index contributed by atoms with van der Waals surface area (Å²) in [6, 6.07) is 3.80. The molecule has 3 aromatic heterocycles. The molecule has 0 saturated carbocycles. The summed E-state index contributed by atoms with van der Waals surface area (Å²) in [4.78, 5) is 42.9. The van der Waals surface area contributed by atoms with Crippen molar-refractivity contribution < 1.29 is 13.6 Å². The van der Waals surface area contributed by atoms with Crippen LogP contribution in [0.1, 0.15) is 10.4 Å². The second kappa shape index (κ2) is 7.82. The van der Waals surface area contributed by atoms with Crippen molar-refractivity contribution in [2.24, 2.45) is 14.1 Å². The Bertz CT molecular complexity index is 1470. The molecule has 7 nitrogen and oxygen atoms in total. The van der Waals surface area contributed by atoms with Gasteiger partial charge in [0.25, 0.3) is 5.56 Å². The van der Waals surface area contributed by atoms with E-state index in [1.54, 1.807) is 14.0 Å². The van der Waals surface area contributed by atoms with Gasteiger partial charge in [0.05, 0.1) is 17.5 Å². The maximum Gasteiger partial charge on any atom is 0.331 e. The van der Waals surface area contributed by atoms with Gasteiger partial charge in [0.2, 0.25) is 5.91 Å². The average Bonchev–Trinajstić information content (AvgIpc) is 3.31. The van der Waals surface area contributed by atoms with E-state index in [1.165, 1.54) is 40.5 Å². The van der Waals surface area contributed by atoms with E-state index in [-0.39, 0.29) is 22.8 Å². The largest absolute Gasteiger partial charge is 0.331 e. The van der Waals surface area contributed by atoms with Crippen molar-refractivity contribution in [3.05, 3.63) is 66.5 Å². The molecule has 160 valence electrons. The molecule has 0 unspecified atom stereocenters. The van der Waals surface area contributed by atoms with Gasteiger partial charge in [0, 0.05) is 29.9 Å². The lowest BCUT2D eigenvalue weighted by molar-refractivity contribution is -0.115. The fourth-order valence-corrected chi connectivity index (χ4v) is 5.12. The summed E-state index contributed by atoms with van der Waals surface area (Å²) in [5.41, 5.74) is -0.140. The minimum Gasteiger partial charge on any atom is -0.302 e. The van der Waals surface area contributed by atoms with Crippen molar-refractivity contribution in [3.8, 4) is 11.3 Å². The molecular formula is C20H16F2N4O3S2. The zero-order chi connectivity index (χ0) is 22.4. The number of rotatable bonds is 4. The molecule has 0 aliphatic carbocycles. The number of hydrogen-bond acceptors (Lipinski definition) is 6. The van der Waals surface area contributed by atoms with Gasteiger partial charge in [-0.25, -0.2) is 18.6 Å². The maximum absolute atomic E-state index is 14.0. The molecular weight excluding hydrogens is 446 g/mol. The number of thiophene rings is 1. The summed E-state index contributed by atoms with van der Waals surface area (Å²) >= 11 is 2.35. The molecule has 31 heavy (non-hydrogen) atoms. The highest BCUT2D eigenvalue weighted by Gasteiger charge is 2.20. The molecule has 1 amide bonds. The number of carbonyl (C=O) groups is 1. The van der Waals surface area contributed by atoms with Crippen molar-refractivity contribution in [3.63, 3.8) is 0 Å². The van der Waals surface area contributed by atoms with Crippen LogP contribution in [-0.4, -0.2) is 20.0 Å². The summed E-state index contributed by atoms with van der Waals surface area (Å²) in [6.07, 6.45) is -0.0947. The quantitative estimate of drug-likeness (QED) is 0.505. The van der Waals surface area contributed by atoms with Crippen LogP contribution in [-0.2, 0) is 25.3 Å². The van der Waals surface area contributed by atoms with E-state index in [9.17, 15) is 23.2 Å². The number of thiazole rings is 1. The van der Waals surface area contributed by atoms with E-state index in [1.807, 2.05) is 0 Å². The predicted octanol–water partition coefficient (Wildman–Crippen LogP) is 3.19. The highest BCUT2D eigenvalue weighted by molar-refractivity contribution is 7.18. The molecule has 3 heterocycles. The van der Waals surface area contributed by atoms with E-state index in [4.69, 9.17) is 0 Å². The number of carbonyl (C=O) groups excluding carboxylic acids is 1. The Balaban J connectivity index is 1.62. The van der Waals surface area contributed by atoms with Gasteiger partial charge in [0.1, 0.15) is 4.83 Å². The van der Waals surface area contributed by atoms with E-state index in [0.717, 1.165) is 26.8 Å². The zero-order valence-electron chi connectivity index (χ0n) is 16.7. The van der Waals surface area contributed by atoms with Crippen LogP contribution in [0.2, 0.25) is 0 Å². The topological polar surface area (TPSA) is 86.0 Å². The van der Waals surface area contributed by atoms with Gasteiger partial charge in [-0.15, -0.1) is 22.7 Å². The molecule has 1 aromatic carbocycles. The van der Waals surface area contributed by atoms with E-state index < -0.39 is 28.8 Å². The lowest BCUT2D eigenvalue weighted by Crippen LogP contribution is -2.36. The summed E-state index contributed by atoms with van der Waals surface area (Å²) in [5.74, 6) is -2.40. The molecule has 0 atom stereocenters. The van der Waals surface area contributed by atoms with Crippen LogP contribution < -0.4 is 16.6 Å². The Morgan fingerprint density at radius 1 is 1.19 bits per heavy atom. The van der Waals surface area contributed by atoms with Crippen LogP contribution in [0.4, 0.5) is 13.9 Å². The molecule has 1 N–H and O–H groups in total. The van der Waals surface area contributed by atoms with Crippen LogP contribution in [0.15, 0.2) is 33.2 Å². The van der Waals surface area contributed by atoms with E-state index >= 15 is 0 Å². The Kier molecular flexibility index (Phi) is 5.31. The van der Waals surface area contributed by atoms with Gasteiger partial charge < -0.3 is 5.32 Å². The average molecular weight is 463 g/mol. The lowest BCUT2D eigenvalue weighted by Gasteiger charge is -2.05. The molecule has 0 bridgehead atoms. The predicted molar refractivity (Wildman–Crippen MR) is 117 cm³/mol. The molecule has 0 saturated heterocycles. The first-order chi connectivity index (χ1) is 14.7. The summed E-state index contributed by atoms with van der Waals surface area (Å²) in [5, 5.41) is 4.71. The normalized spacial score (nSPS) is 11.3. The molecule has 0 spiro atoms. The standard InChI is InChI=1S/C20H16F2N4O3S2/c1-9-11(15-17(28)25(2)20(29)26(3)18(15)31-9)7-14(27)24-19-23-13(8-30-19)10-5-4-6-12(21)16(10)22/h4-6,8H,7H2,1-3H3,(H,23,24,27). The Hall–Kier alpha value is -3.18. The van der Waals surface area contributed by atoms with Crippen molar-refractivity contribution in [2.75, 3.05) is 5.32 Å². The van der Waals surface area contributed by atoms with Crippen LogP contribution >= 0.6 is 22.7 Å². The number of halogens is 2. The van der Waals surface area contributed by atoms with E-state index in [0.29, 0.717) is 15.8 Å². The van der Waals surface area contributed by atoms with Crippen LogP contribution in [0.3, 0.4) is 0 Å². The van der Waals surface area contributed by atoms with Crippen LogP contribution in [0.25, 0.3) is 21.5 Å². The van der Waals surface area contributed by atoms with Gasteiger partial charge in [-0.3, -0.25) is 18.7 Å². The van der Waals surface area contributed by atoms with Gasteiger partial charge >= 0.3 is 5.69 Å². The van der Waals surface area contributed by atoms with Gasteiger partial charge in [-0.1, -0.05) is 6.07 Å².